The molecule has 1 aromatic heterocycles. The lowest BCUT2D eigenvalue weighted by Crippen LogP contribution is -2.39. The Bertz CT molecular complexity index is 561. The van der Waals surface area contributed by atoms with Gasteiger partial charge in [-0.2, -0.15) is 0 Å². The average Bonchev–Trinajstić information content (AvgIpc) is 2.28. The Balaban J connectivity index is 2.12. The van der Waals surface area contributed by atoms with E-state index in [0.29, 0.717) is 12.8 Å². The van der Waals surface area contributed by atoms with E-state index in [1.807, 2.05) is 0 Å². The van der Waals surface area contributed by atoms with Crippen LogP contribution >= 0.6 is 11.6 Å². The van der Waals surface area contributed by atoms with E-state index in [0.717, 1.165) is 6.42 Å². The molecule has 0 spiro atoms. The zero-order valence-electron chi connectivity index (χ0n) is 9.47. The van der Waals surface area contributed by atoms with Crippen molar-refractivity contribution in [3.63, 3.8) is 0 Å². The van der Waals surface area contributed by atoms with E-state index in [9.17, 15) is 13.2 Å². The first-order valence-corrected chi connectivity index (χ1v) is 7.58. The number of halogens is 1. The van der Waals surface area contributed by atoms with Crippen LogP contribution in [0.15, 0.2) is 12.4 Å². The van der Waals surface area contributed by atoms with Gasteiger partial charge in [0.15, 0.2) is 15.7 Å². The maximum Gasteiger partial charge on any atom is 0.243 e. The van der Waals surface area contributed by atoms with E-state index >= 15 is 0 Å². The smallest absolute Gasteiger partial charge is 0.243 e. The van der Waals surface area contributed by atoms with Crippen molar-refractivity contribution in [1.29, 1.82) is 0 Å². The lowest BCUT2D eigenvalue weighted by molar-refractivity contribution is -0.116. The molecular weight excluding hydrogens is 278 g/mol. The molecule has 0 radical (unpaired) electrons. The van der Waals surface area contributed by atoms with E-state index in [1.54, 1.807) is 0 Å². The predicted molar refractivity (Wildman–Crippen MR) is 67.1 cm³/mol. The van der Waals surface area contributed by atoms with Gasteiger partial charge in [-0.1, -0.05) is 18.0 Å². The van der Waals surface area contributed by atoms with Crippen molar-refractivity contribution in [2.75, 3.05) is 11.1 Å². The van der Waals surface area contributed by atoms with Crippen LogP contribution in [0, 0.1) is 0 Å². The predicted octanol–water partition coefficient (Wildman–Crippen LogP) is 1.04. The number of amides is 1. The number of carbonyl (C=O) groups excluding carboxylic acids is 1. The summed E-state index contributed by atoms with van der Waals surface area (Å²) in [5.41, 5.74) is 0. The van der Waals surface area contributed by atoms with E-state index in [4.69, 9.17) is 11.6 Å². The summed E-state index contributed by atoms with van der Waals surface area (Å²) in [7, 11) is -3.35. The fraction of sp³-hybridized carbons (Fsp3) is 0.500. The highest BCUT2D eigenvalue weighted by molar-refractivity contribution is 7.92. The van der Waals surface area contributed by atoms with Crippen LogP contribution in [0.3, 0.4) is 0 Å². The van der Waals surface area contributed by atoms with Gasteiger partial charge in [0.1, 0.15) is 10.4 Å². The van der Waals surface area contributed by atoms with Crippen LogP contribution < -0.4 is 5.32 Å². The van der Waals surface area contributed by atoms with E-state index in [2.05, 4.69) is 15.3 Å². The normalized spacial score (nSPS) is 22.4. The molecular formula is C10H12ClN3O3S. The topological polar surface area (TPSA) is 89.0 Å². The largest absolute Gasteiger partial charge is 0.308 e. The lowest BCUT2D eigenvalue weighted by atomic mass is 10.2. The van der Waals surface area contributed by atoms with Gasteiger partial charge < -0.3 is 5.32 Å². The molecule has 1 amide bonds. The second-order valence-corrected chi connectivity index (χ2v) is 6.76. The zero-order chi connectivity index (χ0) is 13.2. The number of sulfone groups is 1. The Morgan fingerprint density at radius 3 is 2.83 bits per heavy atom. The molecule has 18 heavy (non-hydrogen) atoms. The van der Waals surface area contributed by atoms with Crippen molar-refractivity contribution >= 4 is 33.2 Å². The minimum absolute atomic E-state index is 0.0618. The number of carbonyl (C=O) groups is 1. The Morgan fingerprint density at radius 2 is 2.17 bits per heavy atom. The van der Waals surface area contributed by atoms with Gasteiger partial charge in [0.05, 0.1) is 18.1 Å². The highest BCUT2D eigenvalue weighted by atomic mass is 35.5. The van der Waals surface area contributed by atoms with Gasteiger partial charge in [0.2, 0.25) is 5.91 Å². The van der Waals surface area contributed by atoms with Crippen LogP contribution in [0.25, 0.3) is 0 Å². The van der Waals surface area contributed by atoms with Crippen molar-refractivity contribution in [3.8, 4) is 0 Å². The highest BCUT2D eigenvalue weighted by Gasteiger charge is 2.34. The van der Waals surface area contributed by atoms with Crippen molar-refractivity contribution in [1.82, 2.24) is 9.97 Å². The maximum absolute atomic E-state index is 11.9. The molecule has 1 aliphatic heterocycles. The van der Waals surface area contributed by atoms with Crippen LogP contribution in [-0.4, -0.2) is 35.3 Å². The summed E-state index contributed by atoms with van der Waals surface area (Å²) in [6.07, 6.45) is 4.34. The average molecular weight is 290 g/mol. The molecule has 1 N–H and O–H groups in total. The standard InChI is InChI=1S/C10H12ClN3O3S/c11-8-5-12-6-9(13-8)14-10(15)7-3-1-2-4-18(7,16)17/h5-7H,1-4H2,(H,13,14,15). The number of hydrogen-bond donors (Lipinski definition) is 1. The summed E-state index contributed by atoms with van der Waals surface area (Å²) in [5.74, 6) is -0.341. The van der Waals surface area contributed by atoms with E-state index < -0.39 is 21.0 Å². The van der Waals surface area contributed by atoms with E-state index in [1.165, 1.54) is 12.4 Å². The highest BCUT2D eigenvalue weighted by Crippen LogP contribution is 2.20. The Hall–Kier alpha value is -1.21. The van der Waals surface area contributed by atoms with Crippen LogP contribution in [0.1, 0.15) is 19.3 Å². The van der Waals surface area contributed by atoms with E-state index in [-0.39, 0.29) is 16.7 Å². The maximum atomic E-state index is 11.9. The van der Waals surface area contributed by atoms with Gasteiger partial charge in [0, 0.05) is 0 Å². The molecule has 6 nitrogen and oxygen atoms in total. The Morgan fingerprint density at radius 1 is 1.39 bits per heavy atom. The van der Waals surface area contributed by atoms with Gasteiger partial charge in [-0.3, -0.25) is 9.78 Å². The third-order valence-corrected chi connectivity index (χ3v) is 5.08. The molecule has 1 atom stereocenters. The van der Waals surface area contributed by atoms with Crippen LogP contribution in [-0.2, 0) is 14.6 Å². The van der Waals surface area contributed by atoms with Gasteiger partial charge >= 0.3 is 0 Å². The molecule has 2 heterocycles. The number of anilines is 1. The van der Waals surface area contributed by atoms with Crippen LogP contribution in [0.5, 0.6) is 0 Å². The summed E-state index contributed by atoms with van der Waals surface area (Å²) in [6.45, 7) is 0. The quantitative estimate of drug-likeness (QED) is 0.878. The molecule has 1 fully saturated rings. The fourth-order valence-corrected chi connectivity index (χ4v) is 3.81. The molecule has 1 saturated heterocycles. The van der Waals surface area contributed by atoms with Crippen molar-refractivity contribution in [2.24, 2.45) is 0 Å². The molecule has 0 bridgehead atoms. The number of rotatable bonds is 2. The minimum Gasteiger partial charge on any atom is -0.308 e. The second kappa shape index (κ2) is 5.19. The SMILES string of the molecule is O=C(Nc1cncc(Cl)n1)C1CCCCS1(=O)=O. The third-order valence-electron chi connectivity index (χ3n) is 2.73. The first kappa shape index (κ1) is 13.2. The van der Waals surface area contributed by atoms with Gasteiger partial charge in [0.25, 0.3) is 0 Å². The van der Waals surface area contributed by atoms with Crippen LogP contribution in [0.2, 0.25) is 5.15 Å². The molecule has 8 heteroatoms. The summed E-state index contributed by atoms with van der Waals surface area (Å²) < 4.78 is 23.5. The molecule has 1 aromatic rings. The molecule has 0 saturated carbocycles. The van der Waals surface area contributed by atoms with Crippen LogP contribution in [0.4, 0.5) is 5.82 Å². The number of hydrogen-bond acceptors (Lipinski definition) is 5. The first-order valence-electron chi connectivity index (χ1n) is 5.49. The van der Waals surface area contributed by atoms with Crippen molar-refractivity contribution in [3.05, 3.63) is 17.5 Å². The molecule has 1 aliphatic rings. The van der Waals surface area contributed by atoms with Crippen molar-refractivity contribution < 1.29 is 13.2 Å². The third kappa shape index (κ3) is 2.97. The Kier molecular flexibility index (Phi) is 3.82. The molecule has 2 rings (SSSR count). The minimum atomic E-state index is -3.35. The van der Waals surface area contributed by atoms with Gasteiger partial charge in [-0.05, 0) is 12.8 Å². The Labute approximate surface area is 110 Å². The summed E-state index contributed by atoms with van der Waals surface area (Å²) in [6, 6.07) is 0. The fourth-order valence-electron chi connectivity index (χ4n) is 1.86. The number of nitrogens with zero attached hydrogens (tertiary/aromatic N) is 2. The van der Waals surface area contributed by atoms with Crippen molar-refractivity contribution in [2.45, 2.75) is 24.5 Å². The molecule has 1 unspecified atom stereocenters. The monoisotopic (exact) mass is 289 g/mol. The van der Waals surface area contributed by atoms with Gasteiger partial charge in [-0.25, -0.2) is 13.4 Å². The molecule has 0 aliphatic carbocycles. The lowest BCUT2D eigenvalue weighted by Gasteiger charge is -2.21. The van der Waals surface area contributed by atoms with Gasteiger partial charge in [-0.15, -0.1) is 0 Å². The molecule has 0 aromatic carbocycles. The summed E-state index contributed by atoms with van der Waals surface area (Å²) >= 11 is 5.63. The summed E-state index contributed by atoms with van der Waals surface area (Å²) in [5, 5.41) is 1.58. The number of aromatic nitrogens is 2. The molecule has 98 valence electrons. The summed E-state index contributed by atoms with van der Waals surface area (Å²) in [4.78, 5) is 19.5. The zero-order valence-corrected chi connectivity index (χ0v) is 11.0. The second-order valence-electron chi connectivity index (χ2n) is 4.07. The number of nitrogens with one attached hydrogen (secondary N) is 1. The first-order chi connectivity index (χ1) is 8.49.